The lowest BCUT2D eigenvalue weighted by atomic mass is 9.73. The van der Waals surface area contributed by atoms with Crippen LogP contribution >= 0.6 is 0 Å². The van der Waals surface area contributed by atoms with Gasteiger partial charge < -0.3 is 20.9 Å². The summed E-state index contributed by atoms with van der Waals surface area (Å²) in [6, 6.07) is -3.08. The van der Waals surface area contributed by atoms with Crippen molar-refractivity contribution in [3.05, 3.63) is 12.7 Å². The third-order valence-corrected chi connectivity index (χ3v) is 17.9. The van der Waals surface area contributed by atoms with Gasteiger partial charge in [-0.1, -0.05) is 79.7 Å². The molecule has 4 aliphatic carbocycles. The fourth-order valence-electron chi connectivity index (χ4n) is 12.2. The zero-order valence-corrected chi connectivity index (χ0v) is 38.9. The minimum atomic E-state index is -4.42. The van der Waals surface area contributed by atoms with E-state index in [0.29, 0.717) is 19.4 Å². The molecule has 6 rings (SSSR count). The van der Waals surface area contributed by atoms with Crippen LogP contribution in [0.4, 0.5) is 4.39 Å². The van der Waals surface area contributed by atoms with Crippen molar-refractivity contribution >= 4 is 39.7 Å². The molecule has 6 aliphatic rings. The van der Waals surface area contributed by atoms with Crippen LogP contribution in [0.5, 0.6) is 0 Å². The number of fused-ring (bicyclic) bond motifs is 1. The summed E-state index contributed by atoms with van der Waals surface area (Å²) in [5.41, 5.74) is -3.05. The Morgan fingerprint density at radius 1 is 0.902 bits per heavy atom. The SMILES string of the molecule is C=C[C@@H]1C[C@]1(NC(=O)[C@@H]1C[C@@]2(CN1C(=O)[C@@H](NC(=O)[C@@H](NC(=O)[C@@H]1CCCCN1C(C)C)C1CCCCC1)C(C)(C)C)C(C)(C)C21CCC1)C(=O)NS(=O)(=O)N(CC)CCF. The second-order valence-corrected chi connectivity index (χ2v) is 22.7. The predicted octanol–water partition coefficient (Wildman–Crippen LogP) is 4.36. The number of nitrogens with one attached hydrogen (secondary N) is 4. The molecule has 7 atom stereocenters. The molecule has 0 aromatic heterocycles. The van der Waals surface area contributed by atoms with Crippen molar-refractivity contribution in [3.63, 3.8) is 0 Å². The molecule has 4 saturated carbocycles. The van der Waals surface area contributed by atoms with E-state index < -0.39 is 82.1 Å². The maximum Gasteiger partial charge on any atom is 0.303 e. The third kappa shape index (κ3) is 8.39. The van der Waals surface area contributed by atoms with Gasteiger partial charge in [0.25, 0.3) is 5.91 Å². The number of hydrogen-bond acceptors (Lipinski definition) is 8. The molecule has 2 aliphatic heterocycles. The Morgan fingerprint density at radius 2 is 1.56 bits per heavy atom. The van der Waals surface area contributed by atoms with Gasteiger partial charge in [0.15, 0.2) is 0 Å². The molecular formula is C45H74FN7O7S. The molecule has 2 saturated heterocycles. The number of carbonyl (C=O) groups is 5. The second-order valence-electron chi connectivity index (χ2n) is 21.0. The molecule has 4 N–H and O–H groups in total. The van der Waals surface area contributed by atoms with Crippen LogP contribution in [0.2, 0.25) is 0 Å². The first-order valence-corrected chi connectivity index (χ1v) is 24.5. The van der Waals surface area contributed by atoms with Crippen LogP contribution < -0.4 is 20.7 Å². The van der Waals surface area contributed by atoms with E-state index in [2.05, 4.69) is 59.8 Å². The molecule has 61 heavy (non-hydrogen) atoms. The zero-order chi connectivity index (χ0) is 44.9. The standard InChI is InChI=1S/C45H74FN7O7S/c1-10-31-26-45(31,40(58)50-61(59,60)51(11-2)25-23-46)49-37(55)33-27-44(42(8,9)43(44)21-17-22-43)28-53(33)39(57)35(41(5,6)7)48-38(56)34(30-18-13-12-14-19-30)47-36(54)32-20-15-16-24-52(32)29(3)4/h10,29-35H,1,11-28H2,2-9H3,(H,47,54)(H,48,56)(H,49,55)(H,50,58)/t31-,32+,33+,34+,35-,44-,45-/m1/s1. The van der Waals surface area contributed by atoms with Crippen LogP contribution in [0.15, 0.2) is 12.7 Å². The Hall–Kier alpha value is -3.11. The summed E-state index contributed by atoms with van der Waals surface area (Å²) in [5.74, 6) is -3.18. The average Bonchev–Trinajstić information content (AvgIpc) is 3.92. The molecule has 2 heterocycles. The maximum absolute atomic E-state index is 15.3. The number of carbonyl (C=O) groups excluding carboxylic acids is 5. The van der Waals surface area contributed by atoms with Crippen LogP contribution in [-0.2, 0) is 34.2 Å². The zero-order valence-electron chi connectivity index (χ0n) is 38.0. The van der Waals surface area contributed by atoms with E-state index in [4.69, 9.17) is 0 Å². The van der Waals surface area contributed by atoms with Crippen molar-refractivity contribution in [1.29, 1.82) is 0 Å². The van der Waals surface area contributed by atoms with Gasteiger partial charge in [-0.3, -0.25) is 28.9 Å². The van der Waals surface area contributed by atoms with Crippen molar-refractivity contribution in [1.82, 2.24) is 34.8 Å². The van der Waals surface area contributed by atoms with Crippen LogP contribution in [0.25, 0.3) is 0 Å². The van der Waals surface area contributed by atoms with Crippen molar-refractivity contribution in [2.24, 2.45) is 33.5 Å². The van der Waals surface area contributed by atoms with E-state index >= 15 is 4.79 Å². The van der Waals surface area contributed by atoms with Crippen molar-refractivity contribution in [3.8, 4) is 0 Å². The van der Waals surface area contributed by atoms with Gasteiger partial charge in [0.05, 0.1) is 6.04 Å². The normalized spacial score (nSPS) is 30.7. The molecule has 16 heteroatoms. The highest BCUT2D eigenvalue weighted by atomic mass is 32.2. The molecule has 6 fully saturated rings. The summed E-state index contributed by atoms with van der Waals surface area (Å²) in [5, 5.41) is 9.21. The Bertz CT molecular complexity index is 1830. The van der Waals surface area contributed by atoms with Gasteiger partial charge in [0, 0.05) is 37.0 Å². The summed E-state index contributed by atoms with van der Waals surface area (Å²) >= 11 is 0. The molecule has 0 bridgehead atoms. The third-order valence-electron chi connectivity index (χ3n) is 16.3. The number of nitrogens with zero attached hydrogens (tertiary/aromatic N) is 3. The van der Waals surface area contributed by atoms with Gasteiger partial charge >= 0.3 is 10.2 Å². The topological polar surface area (TPSA) is 177 Å². The fourth-order valence-corrected chi connectivity index (χ4v) is 13.4. The minimum Gasteiger partial charge on any atom is -0.343 e. The number of piperidine rings is 1. The van der Waals surface area contributed by atoms with Crippen LogP contribution in [-0.4, -0.2) is 121 Å². The Morgan fingerprint density at radius 3 is 2.08 bits per heavy atom. The van der Waals surface area contributed by atoms with Crippen molar-refractivity contribution in [2.45, 2.75) is 175 Å². The Labute approximate surface area is 363 Å². The molecular weight excluding hydrogens is 802 g/mol. The van der Waals surface area contributed by atoms with E-state index in [1.165, 1.54) is 13.0 Å². The van der Waals surface area contributed by atoms with Gasteiger partial charge in [-0.05, 0) is 93.9 Å². The van der Waals surface area contributed by atoms with E-state index in [1.807, 2.05) is 20.8 Å². The van der Waals surface area contributed by atoms with Gasteiger partial charge in [-0.2, -0.15) is 12.7 Å². The van der Waals surface area contributed by atoms with E-state index in [1.54, 1.807) is 4.90 Å². The molecule has 0 unspecified atom stereocenters. The van der Waals surface area contributed by atoms with Crippen molar-refractivity contribution in [2.75, 3.05) is 32.9 Å². The molecule has 2 spiro atoms. The first-order valence-electron chi connectivity index (χ1n) is 23.1. The lowest BCUT2D eigenvalue weighted by Gasteiger charge is -2.40. The van der Waals surface area contributed by atoms with Gasteiger partial charge in [0.1, 0.15) is 30.3 Å². The highest BCUT2D eigenvalue weighted by Gasteiger charge is 2.85. The molecule has 0 aromatic carbocycles. The quantitative estimate of drug-likeness (QED) is 0.166. The van der Waals surface area contributed by atoms with E-state index in [9.17, 15) is 32.0 Å². The average molecular weight is 876 g/mol. The Kier molecular flexibility index (Phi) is 13.6. The molecule has 0 aromatic rings. The molecule has 5 amide bonds. The lowest BCUT2D eigenvalue weighted by Crippen LogP contribution is -2.63. The maximum atomic E-state index is 15.3. The highest BCUT2D eigenvalue weighted by molar-refractivity contribution is 7.87. The van der Waals surface area contributed by atoms with Gasteiger partial charge in [-0.15, -0.1) is 6.58 Å². The number of rotatable bonds is 16. The molecule has 14 nitrogen and oxygen atoms in total. The number of hydrogen-bond donors (Lipinski definition) is 4. The summed E-state index contributed by atoms with van der Waals surface area (Å²) in [4.78, 5) is 76.5. The first-order chi connectivity index (χ1) is 28.6. The van der Waals surface area contributed by atoms with Gasteiger partial charge in [-0.25, -0.2) is 9.11 Å². The van der Waals surface area contributed by atoms with Crippen molar-refractivity contribution < 1.29 is 36.8 Å². The fraction of sp³-hybridized carbons (Fsp3) is 0.844. The van der Waals surface area contributed by atoms with Crippen LogP contribution in [0, 0.1) is 33.5 Å². The second kappa shape index (κ2) is 17.5. The molecule has 0 radical (unpaired) electrons. The lowest BCUT2D eigenvalue weighted by molar-refractivity contribution is -0.145. The predicted molar refractivity (Wildman–Crippen MR) is 231 cm³/mol. The largest absolute Gasteiger partial charge is 0.343 e. The molecule has 344 valence electrons. The number of halogens is 1. The smallest absolute Gasteiger partial charge is 0.303 e. The number of amides is 5. The van der Waals surface area contributed by atoms with Crippen LogP contribution in [0.1, 0.15) is 139 Å². The summed E-state index contributed by atoms with van der Waals surface area (Å²) < 4.78 is 42.4. The van der Waals surface area contributed by atoms with Gasteiger partial charge in [0.2, 0.25) is 23.6 Å². The highest BCUT2D eigenvalue weighted by Crippen LogP contribution is 2.88. The van der Waals surface area contributed by atoms with E-state index in [0.717, 1.165) is 75.1 Å². The summed E-state index contributed by atoms with van der Waals surface area (Å²) in [7, 11) is -4.42. The number of alkyl halides is 1. The summed E-state index contributed by atoms with van der Waals surface area (Å²) in [6.07, 6.45) is 12.2. The minimum absolute atomic E-state index is 0.0558. The number of likely N-dealkylation sites (tertiary alicyclic amines) is 2. The first kappa shape index (κ1) is 47.4. The van der Waals surface area contributed by atoms with Crippen LogP contribution in [0.3, 0.4) is 0 Å². The van der Waals surface area contributed by atoms with E-state index in [-0.39, 0.29) is 53.1 Å². The monoisotopic (exact) mass is 876 g/mol. The Balaban J connectivity index is 1.28. The summed E-state index contributed by atoms with van der Waals surface area (Å²) in [6.45, 7) is 19.2.